The van der Waals surface area contributed by atoms with E-state index in [4.69, 9.17) is 0 Å². The van der Waals surface area contributed by atoms with Crippen molar-refractivity contribution in [2.75, 3.05) is 6.61 Å². The van der Waals surface area contributed by atoms with Crippen LogP contribution in [0.25, 0.3) is 0 Å². The second-order valence-corrected chi connectivity index (χ2v) is 5.01. The zero-order valence-electron chi connectivity index (χ0n) is 10.4. The summed E-state index contributed by atoms with van der Waals surface area (Å²) in [6.07, 6.45) is 6.57. The van der Waals surface area contributed by atoms with Gasteiger partial charge in [-0.25, -0.2) is 4.79 Å². The van der Waals surface area contributed by atoms with Crippen LogP contribution in [-0.4, -0.2) is 29.3 Å². The van der Waals surface area contributed by atoms with Crippen molar-refractivity contribution < 1.29 is 9.90 Å². The number of urea groups is 1. The molecule has 94 valence electrons. The molecule has 1 rings (SSSR count). The minimum Gasteiger partial charge on any atom is -0.394 e. The monoisotopic (exact) mass is 228 g/mol. The van der Waals surface area contributed by atoms with Gasteiger partial charge in [0.15, 0.2) is 0 Å². The molecule has 0 aromatic rings. The average Bonchev–Trinajstić information content (AvgIpc) is 2.30. The van der Waals surface area contributed by atoms with Gasteiger partial charge >= 0.3 is 6.03 Å². The largest absolute Gasteiger partial charge is 0.394 e. The van der Waals surface area contributed by atoms with Crippen LogP contribution < -0.4 is 10.6 Å². The van der Waals surface area contributed by atoms with Gasteiger partial charge in [0.2, 0.25) is 0 Å². The van der Waals surface area contributed by atoms with E-state index >= 15 is 0 Å². The van der Waals surface area contributed by atoms with Crippen LogP contribution >= 0.6 is 0 Å². The van der Waals surface area contributed by atoms with Crippen LogP contribution in [0.3, 0.4) is 0 Å². The number of rotatable bonds is 4. The molecule has 1 fully saturated rings. The topological polar surface area (TPSA) is 61.4 Å². The van der Waals surface area contributed by atoms with Crippen molar-refractivity contribution in [3.8, 4) is 0 Å². The highest BCUT2D eigenvalue weighted by atomic mass is 16.3. The normalized spacial score (nSPS) is 21.2. The van der Waals surface area contributed by atoms with Crippen molar-refractivity contribution in [1.82, 2.24) is 10.6 Å². The van der Waals surface area contributed by atoms with Gasteiger partial charge < -0.3 is 15.7 Å². The van der Waals surface area contributed by atoms with Crippen LogP contribution in [0, 0.1) is 0 Å². The maximum absolute atomic E-state index is 11.7. The van der Waals surface area contributed by atoms with Crippen LogP contribution in [0.2, 0.25) is 0 Å². The van der Waals surface area contributed by atoms with Crippen molar-refractivity contribution in [3.05, 3.63) is 0 Å². The molecule has 0 saturated heterocycles. The fraction of sp³-hybridized carbons (Fsp3) is 0.917. The van der Waals surface area contributed by atoms with Gasteiger partial charge in [-0.3, -0.25) is 0 Å². The highest BCUT2D eigenvalue weighted by molar-refractivity contribution is 5.75. The number of aliphatic hydroxyl groups is 1. The third-order valence-corrected chi connectivity index (χ3v) is 3.49. The molecule has 16 heavy (non-hydrogen) atoms. The number of hydrogen-bond donors (Lipinski definition) is 3. The summed E-state index contributed by atoms with van der Waals surface area (Å²) in [4.78, 5) is 11.7. The quantitative estimate of drug-likeness (QED) is 0.687. The van der Waals surface area contributed by atoms with E-state index in [0.717, 1.165) is 19.3 Å². The van der Waals surface area contributed by atoms with Gasteiger partial charge in [-0.15, -0.1) is 0 Å². The molecule has 1 saturated carbocycles. The molecule has 4 nitrogen and oxygen atoms in total. The molecule has 0 aromatic carbocycles. The van der Waals surface area contributed by atoms with Crippen molar-refractivity contribution in [2.24, 2.45) is 0 Å². The van der Waals surface area contributed by atoms with Crippen molar-refractivity contribution in [3.63, 3.8) is 0 Å². The number of aliphatic hydroxyl groups excluding tert-OH is 1. The first-order chi connectivity index (χ1) is 7.59. The number of nitrogens with one attached hydrogen (secondary N) is 2. The molecule has 1 aliphatic carbocycles. The summed E-state index contributed by atoms with van der Waals surface area (Å²) in [5.74, 6) is 0. The molecule has 4 heteroatoms. The first kappa shape index (κ1) is 13.3. The van der Waals surface area contributed by atoms with Gasteiger partial charge in [0.1, 0.15) is 0 Å². The minimum absolute atomic E-state index is 0.0262. The lowest BCUT2D eigenvalue weighted by atomic mass is 9.95. The van der Waals surface area contributed by atoms with E-state index in [2.05, 4.69) is 10.6 Å². The van der Waals surface area contributed by atoms with Gasteiger partial charge in [0.05, 0.1) is 12.1 Å². The second kappa shape index (κ2) is 6.09. The highest BCUT2D eigenvalue weighted by Crippen LogP contribution is 2.17. The van der Waals surface area contributed by atoms with Crippen molar-refractivity contribution >= 4 is 6.03 Å². The van der Waals surface area contributed by atoms with Crippen molar-refractivity contribution in [1.29, 1.82) is 0 Å². The Hall–Kier alpha value is -0.770. The van der Waals surface area contributed by atoms with E-state index in [0.29, 0.717) is 6.04 Å². The highest BCUT2D eigenvalue weighted by Gasteiger charge is 2.24. The summed E-state index contributed by atoms with van der Waals surface area (Å²) in [7, 11) is 0. The standard InChI is InChI=1S/C12H24N2O2/c1-3-12(2,9-15)14-11(16)13-10-7-5-4-6-8-10/h10,15H,3-9H2,1-2H3,(H2,13,14,16). The van der Waals surface area contributed by atoms with Crippen LogP contribution in [0.1, 0.15) is 52.4 Å². The molecule has 0 radical (unpaired) electrons. The Balaban J connectivity index is 2.34. The van der Waals surface area contributed by atoms with E-state index in [9.17, 15) is 9.90 Å². The molecule has 0 aromatic heterocycles. The van der Waals surface area contributed by atoms with Crippen LogP contribution in [-0.2, 0) is 0 Å². The van der Waals surface area contributed by atoms with Crippen molar-refractivity contribution in [2.45, 2.75) is 64.0 Å². The number of carbonyl (C=O) groups excluding carboxylic acids is 1. The molecular weight excluding hydrogens is 204 g/mol. The van der Waals surface area contributed by atoms with E-state index in [-0.39, 0.29) is 12.6 Å². The molecule has 0 aliphatic heterocycles. The van der Waals surface area contributed by atoms with E-state index in [1.54, 1.807) is 0 Å². The summed E-state index contributed by atoms with van der Waals surface area (Å²) < 4.78 is 0. The fourth-order valence-corrected chi connectivity index (χ4v) is 1.98. The Morgan fingerprint density at radius 2 is 2.00 bits per heavy atom. The third kappa shape index (κ3) is 4.00. The summed E-state index contributed by atoms with van der Waals surface area (Å²) in [5.41, 5.74) is -0.501. The SMILES string of the molecule is CCC(C)(CO)NC(=O)NC1CCCCC1. The molecule has 0 spiro atoms. The number of amides is 2. The fourth-order valence-electron chi connectivity index (χ4n) is 1.98. The second-order valence-electron chi connectivity index (χ2n) is 5.01. The zero-order chi connectivity index (χ0) is 12.0. The Labute approximate surface area is 97.8 Å². The van der Waals surface area contributed by atoms with E-state index < -0.39 is 5.54 Å². The molecule has 1 aliphatic rings. The minimum atomic E-state index is -0.501. The first-order valence-corrected chi connectivity index (χ1v) is 6.29. The zero-order valence-corrected chi connectivity index (χ0v) is 10.4. The van der Waals surface area contributed by atoms with E-state index in [1.165, 1.54) is 19.3 Å². The average molecular weight is 228 g/mol. The lowest BCUT2D eigenvalue weighted by molar-refractivity contribution is 0.165. The summed E-state index contributed by atoms with van der Waals surface area (Å²) in [6, 6.07) is 0.166. The Kier molecular flexibility index (Phi) is 5.06. The third-order valence-electron chi connectivity index (χ3n) is 3.49. The lowest BCUT2D eigenvalue weighted by Crippen LogP contribution is -2.54. The maximum atomic E-state index is 11.7. The molecule has 0 bridgehead atoms. The van der Waals surface area contributed by atoms with Gasteiger partial charge in [0.25, 0.3) is 0 Å². The van der Waals surface area contributed by atoms with Gasteiger partial charge in [-0.1, -0.05) is 26.2 Å². The first-order valence-electron chi connectivity index (χ1n) is 6.29. The van der Waals surface area contributed by atoms with Gasteiger partial charge in [-0.2, -0.15) is 0 Å². The molecular formula is C12H24N2O2. The predicted octanol–water partition coefficient (Wildman–Crippen LogP) is 1.78. The number of carbonyl (C=O) groups is 1. The maximum Gasteiger partial charge on any atom is 0.315 e. The Morgan fingerprint density at radius 1 is 1.38 bits per heavy atom. The smallest absolute Gasteiger partial charge is 0.315 e. The van der Waals surface area contributed by atoms with Crippen LogP contribution in [0.5, 0.6) is 0 Å². The molecule has 2 amide bonds. The van der Waals surface area contributed by atoms with Crippen LogP contribution in [0.15, 0.2) is 0 Å². The van der Waals surface area contributed by atoms with Crippen LogP contribution in [0.4, 0.5) is 4.79 Å². The van der Waals surface area contributed by atoms with E-state index in [1.807, 2.05) is 13.8 Å². The molecule has 1 atom stereocenters. The number of hydrogen-bond acceptors (Lipinski definition) is 2. The van der Waals surface area contributed by atoms with Gasteiger partial charge in [-0.05, 0) is 26.2 Å². The molecule has 0 heterocycles. The van der Waals surface area contributed by atoms with Gasteiger partial charge in [0, 0.05) is 6.04 Å². The Morgan fingerprint density at radius 3 is 2.50 bits per heavy atom. The molecule has 3 N–H and O–H groups in total. The predicted molar refractivity (Wildman–Crippen MR) is 64.3 cm³/mol. The lowest BCUT2D eigenvalue weighted by Gasteiger charge is -2.29. The molecule has 1 unspecified atom stereocenters. The summed E-state index contributed by atoms with van der Waals surface area (Å²) in [6.45, 7) is 3.78. The Bertz CT molecular complexity index is 221. The summed E-state index contributed by atoms with van der Waals surface area (Å²) >= 11 is 0. The summed E-state index contributed by atoms with van der Waals surface area (Å²) in [5, 5.41) is 15.0.